The molecule has 1 rings (SSSR count). The zero-order valence-corrected chi connectivity index (χ0v) is 7.35. The number of benzene rings is 1. The number of para-hydroxylation sites is 1. The summed E-state index contributed by atoms with van der Waals surface area (Å²) in [4.78, 5) is 0. The largest absolute Gasteiger partial charge is 0.489 e. The van der Waals surface area contributed by atoms with Crippen LogP contribution in [0.4, 0.5) is 0 Å². The Morgan fingerprint density at radius 2 is 2.27 bits per heavy atom. The Kier molecular flexibility index (Phi) is 2.77. The first-order valence-electron chi connectivity index (χ1n) is 3.53. The van der Waals surface area contributed by atoms with E-state index in [2.05, 4.69) is 6.07 Å². The van der Waals surface area contributed by atoms with E-state index in [1.54, 1.807) is 12.1 Å². The van der Waals surface area contributed by atoms with Crippen molar-refractivity contribution in [2.45, 2.75) is 20.0 Å². The number of ether oxygens (including phenoxy) is 1. The number of hydrogen-bond acceptors (Lipinski definition) is 1. The first kappa shape index (κ1) is 8.41. The summed E-state index contributed by atoms with van der Waals surface area (Å²) in [6.07, 6.45) is 0.145. The normalized spacial score (nSPS) is 10.2. The summed E-state index contributed by atoms with van der Waals surface area (Å²) < 4.78 is 5.36. The van der Waals surface area contributed by atoms with Crippen molar-refractivity contribution < 1.29 is 4.74 Å². The lowest BCUT2D eigenvalue weighted by Gasteiger charge is -2.09. The Hall–Kier alpha value is -0.690. The Bertz CT molecular complexity index is 233. The van der Waals surface area contributed by atoms with Crippen LogP contribution in [0.2, 0.25) is 5.02 Å². The van der Waals surface area contributed by atoms with Gasteiger partial charge >= 0.3 is 0 Å². The van der Waals surface area contributed by atoms with E-state index in [-0.39, 0.29) is 6.10 Å². The van der Waals surface area contributed by atoms with E-state index in [0.29, 0.717) is 10.8 Å². The summed E-state index contributed by atoms with van der Waals surface area (Å²) in [6, 6.07) is 8.31. The minimum absolute atomic E-state index is 0.145. The summed E-state index contributed by atoms with van der Waals surface area (Å²) in [5, 5.41) is 0.612. The number of hydrogen-bond donors (Lipinski definition) is 0. The molecule has 11 heavy (non-hydrogen) atoms. The fourth-order valence-electron chi connectivity index (χ4n) is 0.727. The van der Waals surface area contributed by atoms with Gasteiger partial charge in [-0.15, -0.1) is 0 Å². The van der Waals surface area contributed by atoms with Crippen LogP contribution < -0.4 is 4.74 Å². The summed E-state index contributed by atoms with van der Waals surface area (Å²) in [5.74, 6) is 0.629. The molecule has 0 heterocycles. The second kappa shape index (κ2) is 3.63. The van der Waals surface area contributed by atoms with Crippen LogP contribution >= 0.6 is 11.6 Å². The molecular formula is C9H10ClO. The van der Waals surface area contributed by atoms with Crippen LogP contribution in [0.3, 0.4) is 0 Å². The van der Waals surface area contributed by atoms with Gasteiger partial charge in [0.05, 0.1) is 11.1 Å². The van der Waals surface area contributed by atoms with E-state index < -0.39 is 0 Å². The van der Waals surface area contributed by atoms with Crippen LogP contribution in [0, 0.1) is 6.07 Å². The molecule has 1 nitrogen and oxygen atoms in total. The lowest BCUT2D eigenvalue weighted by molar-refractivity contribution is 0.242. The lowest BCUT2D eigenvalue weighted by atomic mass is 10.3. The molecule has 0 aliphatic heterocycles. The van der Waals surface area contributed by atoms with Gasteiger partial charge in [0.1, 0.15) is 5.75 Å². The molecule has 0 aromatic heterocycles. The maximum atomic E-state index is 5.81. The molecule has 1 aromatic carbocycles. The number of rotatable bonds is 2. The van der Waals surface area contributed by atoms with Crippen molar-refractivity contribution in [1.29, 1.82) is 0 Å². The maximum Gasteiger partial charge on any atom is 0.146 e. The summed E-state index contributed by atoms with van der Waals surface area (Å²) in [5.41, 5.74) is 0. The van der Waals surface area contributed by atoms with E-state index in [4.69, 9.17) is 16.3 Å². The van der Waals surface area contributed by atoms with Crippen LogP contribution in [0.5, 0.6) is 5.75 Å². The van der Waals surface area contributed by atoms with Crippen LogP contribution in [0.15, 0.2) is 18.2 Å². The first-order valence-corrected chi connectivity index (χ1v) is 3.91. The predicted octanol–water partition coefficient (Wildman–Crippen LogP) is 2.93. The molecule has 0 aliphatic rings. The second-order valence-electron chi connectivity index (χ2n) is 2.51. The van der Waals surface area contributed by atoms with Gasteiger partial charge in [-0.05, 0) is 19.9 Å². The van der Waals surface area contributed by atoms with E-state index in [1.165, 1.54) is 0 Å². The second-order valence-corrected chi connectivity index (χ2v) is 2.92. The zero-order valence-electron chi connectivity index (χ0n) is 6.60. The summed E-state index contributed by atoms with van der Waals surface area (Å²) in [7, 11) is 0. The Morgan fingerprint density at radius 3 is 2.82 bits per heavy atom. The average Bonchev–Trinajstić information content (AvgIpc) is 1.93. The monoisotopic (exact) mass is 169 g/mol. The van der Waals surface area contributed by atoms with Crippen LogP contribution in [0.25, 0.3) is 0 Å². The molecule has 0 saturated heterocycles. The van der Waals surface area contributed by atoms with Crippen LogP contribution in [-0.2, 0) is 0 Å². The minimum atomic E-state index is 0.145. The highest BCUT2D eigenvalue weighted by molar-refractivity contribution is 6.32. The SMILES string of the molecule is CC(C)Oc1[c]cccc1Cl. The fourth-order valence-corrected chi connectivity index (χ4v) is 0.899. The Morgan fingerprint density at radius 1 is 1.55 bits per heavy atom. The van der Waals surface area contributed by atoms with Crippen LogP contribution in [-0.4, -0.2) is 6.10 Å². The van der Waals surface area contributed by atoms with E-state index in [9.17, 15) is 0 Å². The highest BCUT2D eigenvalue weighted by atomic mass is 35.5. The molecule has 0 bridgehead atoms. The lowest BCUT2D eigenvalue weighted by Crippen LogP contribution is -2.05. The van der Waals surface area contributed by atoms with E-state index >= 15 is 0 Å². The van der Waals surface area contributed by atoms with Crippen molar-refractivity contribution in [3.63, 3.8) is 0 Å². The predicted molar refractivity (Wildman–Crippen MR) is 46.1 cm³/mol. The zero-order chi connectivity index (χ0) is 8.27. The van der Waals surface area contributed by atoms with Gasteiger partial charge in [0.15, 0.2) is 0 Å². The van der Waals surface area contributed by atoms with Gasteiger partial charge in [-0.25, -0.2) is 0 Å². The van der Waals surface area contributed by atoms with Gasteiger partial charge in [-0.1, -0.05) is 23.7 Å². The molecule has 0 atom stereocenters. The number of halogens is 1. The van der Waals surface area contributed by atoms with Crippen molar-refractivity contribution >= 4 is 11.6 Å². The highest BCUT2D eigenvalue weighted by Gasteiger charge is 2.00. The van der Waals surface area contributed by atoms with Crippen LogP contribution in [0.1, 0.15) is 13.8 Å². The van der Waals surface area contributed by atoms with Crippen molar-refractivity contribution in [3.05, 3.63) is 29.3 Å². The first-order chi connectivity index (χ1) is 5.20. The molecule has 59 valence electrons. The Labute approximate surface area is 71.9 Å². The molecule has 1 radical (unpaired) electrons. The summed E-state index contributed by atoms with van der Waals surface area (Å²) in [6.45, 7) is 3.91. The molecular weight excluding hydrogens is 160 g/mol. The summed E-state index contributed by atoms with van der Waals surface area (Å²) >= 11 is 5.81. The molecule has 0 saturated carbocycles. The van der Waals surface area contributed by atoms with Crippen molar-refractivity contribution in [2.75, 3.05) is 0 Å². The topological polar surface area (TPSA) is 9.23 Å². The quantitative estimate of drug-likeness (QED) is 0.662. The molecule has 0 N–H and O–H groups in total. The molecule has 0 aliphatic carbocycles. The molecule has 0 spiro atoms. The molecule has 0 unspecified atom stereocenters. The third kappa shape index (κ3) is 2.43. The van der Waals surface area contributed by atoms with Gasteiger partial charge in [0, 0.05) is 6.07 Å². The molecule has 1 aromatic rings. The fraction of sp³-hybridized carbons (Fsp3) is 0.333. The van der Waals surface area contributed by atoms with Gasteiger partial charge in [-0.3, -0.25) is 0 Å². The van der Waals surface area contributed by atoms with Gasteiger partial charge < -0.3 is 4.74 Å². The van der Waals surface area contributed by atoms with Gasteiger partial charge in [-0.2, -0.15) is 0 Å². The minimum Gasteiger partial charge on any atom is -0.489 e. The molecule has 0 amide bonds. The van der Waals surface area contributed by atoms with Crippen molar-refractivity contribution in [1.82, 2.24) is 0 Å². The van der Waals surface area contributed by atoms with E-state index in [0.717, 1.165) is 0 Å². The third-order valence-corrected chi connectivity index (χ3v) is 1.42. The van der Waals surface area contributed by atoms with Crippen molar-refractivity contribution in [3.8, 4) is 5.75 Å². The molecule has 0 fully saturated rings. The Balaban J connectivity index is 2.78. The van der Waals surface area contributed by atoms with Gasteiger partial charge in [0.2, 0.25) is 0 Å². The standard InChI is InChI=1S/C9H10ClO/c1-7(2)11-9-6-4-3-5-8(9)10/h3-5,7H,1-2H3. The molecule has 2 heteroatoms. The smallest absolute Gasteiger partial charge is 0.146 e. The highest BCUT2D eigenvalue weighted by Crippen LogP contribution is 2.23. The maximum absolute atomic E-state index is 5.81. The average molecular weight is 170 g/mol. The van der Waals surface area contributed by atoms with Gasteiger partial charge in [0.25, 0.3) is 0 Å². The van der Waals surface area contributed by atoms with E-state index in [1.807, 2.05) is 19.9 Å². The van der Waals surface area contributed by atoms with Crippen molar-refractivity contribution in [2.24, 2.45) is 0 Å². The third-order valence-electron chi connectivity index (χ3n) is 1.12.